The van der Waals surface area contributed by atoms with E-state index in [4.69, 9.17) is 15.2 Å². The predicted octanol–water partition coefficient (Wildman–Crippen LogP) is 1.42. The topological polar surface area (TPSA) is 47.7 Å². The van der Waals surface area contributed by atoms with Crippen molar-refractivity contribution in [1.29, 1.82) is 0 Å². The van der Waals surface area contributed by atoms with Crippen LogP contribution in [-0.2, 0) is 4.74 Å². The number of hydrogen-bond acceptors (Lipinski definition) is 4. The molecular formula is C14H22N2O2. The summed E-state index contributed by atoms with van der Waals surface area (Å²) in [5.74, 6) is 0.881. The Morgan fingerprint density at radius 3 is 2.67 bits per heavy atom. The molecule has 2 atom stereocenters. The Kier molecular flexibility index (Phi) is 4.58. The number of methoxy groups -OCH3 is 1. The molecule has 1 heterocycles. The average molecular weight is 250 g/mol. The molecule has 1 aromatic carbocycles. The van der Waals surface area contributed by atoms with Crippen molar-refractivity contribution < 1.29 is 9.47 Å². The SMILES string of the molecule is COc1cccc(C(C(C)N)N2CCOCC2)c1. The molecule has 0 aromatic heterocycles. The van der Waals surface area contributed by atoms with Gasteiger partial charge in [-0.2, -0.15) is 0 Å². The lowest BCUT2D eigenvalue weighted by Gasteiger charge is -2.37. The Labute approximate surface area is 109 Å². The first-order chi connectivity index (χ1) is 8.72. The first-order valence-corrected chi connectivity index (χ1v) is 6.43. The van der Waals surface area contributed by atoms with Gasteiger partial charge in [0.1, 0.15) is 5.75 Å². The van der Waals surface area contributed by atoms with Gasteiger partial charge >= 0.3 is 0 Å². The summed E-state index contributed by atoms with van der Waals surface area (Å²) in [6.07, 6.45) is 0. The molecule has 1 aliphatic rings. The van der Waals surface area contributed by atoms with E-state index in [9.17, 15) is 0 Å². The molecule has 18 heavy (non-hydrogen) atoms. The van der Waals surface area contributed by atoms with Crippen LogP contribution in [0.15, 0.2) is 24.3 Å². The van der Waals surface area contributed by atoms with Gasteiger partial charge in [-0.25, -0.2) is 0 Å². The van der Waals surface area contributed by atoms with Crippen molar-refractivity contribution in [2.24, 2.45) is 5.73 Å². The molecular weight excluding hydrogens is 228 g/mol. The van der Waals surface area contributed by atoms with Crippen molar-refractivity contribution in [2.75, 3.05) is 33.4 Å². The maximum atomic E-state index is 6.17. The molecule has 0 aliphatic carbocycles. The molecule has 1 aliphatic heterocycles. The van der Waals surface area contributed by atoms with Gasteiger partial charge in [-0.1, -0.05) is 12.1 Å². The minimum Gasteiger partial charge on any atom is -0.497 e. The van der Waals surface area contributed by atoms with Crippen LogP contribution in [0.4, 0.5) is 0 Å². The fraction of sp³-hybridized carbons (Fsp3) is 0.571. The van der Waals surface area contributed by atoms with E-state index in [-0.39, 0.29) is 12.1 Å². The first kappa shape index (κ1) is 13.3. The molecule has 4 nitrogen and oxygen atoms in total. The lowest BCUT2D eigenvalue weighted by molar-refractivity contribution is 0.0116. The molecule has 1 fully saturated rings. The normalized spacial score (nSPS) is 20.4. The second-order valence-electron chi connectivity index (χ2n) is 4.73. The van der Waals surface area contributed by atoms with Crippen LogP contribution in [0.5, 0.6) is 5.75 Å². The number of nitrogens with two attached hydrogens (primary N) is 1. The smallest absolute Gasteiger partial charge is 0.119 e. The largest absolute Gasteiger partial charge is 0.497 e. The Balaban J connectivity index is 2.22. The van der Waals surface area contributed by atoms with Crippen molar-refractivity contribution in [3.05, 3.63) is 29.8 Å². The maximum absolute atomic E-state index is 6.17. The number of nitrogens with zero attached hydrogens (tertiary/aromatic N) is 1. The molecule has 1 aromatic rings. The second-order valence-corrected chi connectivity index (χ2v) is 4.73. The third kappa shape index (κ3) is 3.02. The molecule has 4 heteroatoms. The summed E-state index contributed by atoms with van der Waals surface area (Å²) in [6.45, 7) is 5.49. The third-order valence-electron chi connectivity index (χ3n) is 3.37. The van der Waals surface area contributed by atoms with E-state index in [1.165, 1.54) is 5.56 Å². The van der Waals surface area contributed by atoms with E-state index in [0.29, 0.717) is 0 Å². The summed E-state index contributed by atoms with van der Waals surface area (Å²) in [5.41, 5.74) is 7.38. The van der Waals surface area contributed by atoms with E-state index in [1.807, 2.05) is 12.1 Å². The summed E-state index contributed by atoms with van der Waals surface area (Å²) in [5, 5.41) is 0. The molecule has 2 rings (SSSR count). The standard InChI is InChI=1S/C14H22N2O2/c1-11(15)14(16-6-8-18-9-7-16)12-4-3-5-13(10-12)17-2/h3-5,10-11,14H,6-9,15H2,1-2H3. The Bertz CT molecular complexity index is 376. The molecule has 0 bridgehead atoms. The minimum atomic E-state index is 0.0789. The van der Waals surface area contributed by atoms with Crippen LogP contribution in [-0.4, -0.2) is 44.4 Å². The van der Waals surface area contributed by atoms with Gasteiger partial charge in [0.2, 0.25) is 0 Å². The summed E-state index contributed by atoms with van der Waals surface area (Å²) in [7, 11) is 1.69. The number of hydrogen-bond donors (Lipinski definition) is 1. The van der Waals surface area contributed by atoms with Gasteiger partial charge in [0.15, 0.2) is 0 Å². The highest BCUT2D eigenvalue weighted by Crippen LogP contribution is 2.27. The van der Waals surface area contributed by atoms with Crippen LogP contribution in [0, 0.1) is 0 Å². The lowest BCUT2D eigenvalue weighted by Crippen LogP contribution is -2.45. The zero-order chi connectivity index (χ0) is 13.0. The Hall–Kier alpha value is -1.10. The van der Waals surface area contributed by atoms with Gasteiger partial charge < -0.3 is 15.2 Å². The molecule has 2 unspecified atom stereocenters. The van der Waals surface area contributed by atoms with Crippen molar-refractivity contribution >= 4 is 0 Å². The minimum absolute atomic E-state index is 0.0789. The molecule has 0 spiro atoms. The van der Waals surface area contributed by atoms with Crippen LogP contribution in [0.1, 0.15) is 18.5 Å². The fourth-order valence-electron chi connectivity index (χ4n) is 2.53. The summed E-state index contributed by atoms with van der Waals surface area (Å²) >= 11 is 0. The number of rotatable bonds is 4. The summed E-state index contributed by atoms with van der Waals surface area (Å²) in [4.78, 5) is 2.39. The highest BCUT2D eigenvalue weighted by Gasteiger charge is 2.25. The van der Waals surface area contributed by atoms with Gasteiger partial charge in [-0.15, -0.1) is 0 Å². The quantitative estimate of drug-likeness (QED) is 0.878. The van der Waals surface area contributed by atoms with Crippen LogP contribution >= 0.6 is 0 Å². The zero-order valence-electron chi connectivity index (χ0n) is 11.1. The third-order valence-corrected chi connectivity index (χ3v) is 3.37. The lowest BCUT2D eigenvalue weighted by atomic mass is 9.98. The fourth-order valence-corrected chi connectivity index (χ4v) is 2.53. The molecule has 1 saturated heterocycles. The molecule has 0 saturated carbocycles. The van der Waals surface area contributed by atoms with Gasteiger partial charge in [0.25, 0.3) is 0 Å². The number of ether oxygens (including phenoxy) is 2. The molecule has 0 radical (unpaired) electrons. The highest BCUT2D eigenvalue weighted by atomic mass is 16.5. The van der Waals surface area contributed by atoms with E-state index >= 15 is 0 Å². The van der Waals surface area contributed by atoms with Gasteiger partial charge in [0.05, 0.1) is 20.3 Å². The van der Waals surface area contributed by atoms with Crippen molar-refractivity contribution in [3.63, 3.8) is 0 Å². The predicted molar refractivity (Wildman–Crippen MR) is 71.8 cm³/mol. The van der Waals surface area contributed by atoms with Crippen molar-refractivity contribution in [1.82, 2.24) is 4.90 Å². The second kappa shape index (κ2) is 6.18. The van der Waals surface area contributed by atoms with Crippen LogP contribution in [0.2, 0.25) is 0 Å². The molecule has 100 valence electrons. The van der Waals surface area contributed by atoms with Gasteiger partial charge in [0, 0.05) is 25.2 Å². The van der Waals surface area contributed by atoms with Gasteiger partial charge in [-0.05, 0) is 24.6 Å². The highest BCUT2D eigenvalue weighted by molar-refractivity contribution is 5.31. The van der Waals surface area contributed by atoms with E-state index in [0.717, 1.165) is 32.1 Å². The molecule has 2 N–H and O–H groups in total. The van der Waals surface area contributed by atoms with Crippen molar-refractivity contribution in [2.45, 2.75) is 19.0 Å². The van der Waals surface area contributed by atoms with Crippen LogP contribution in [0.25, 0.3) is 0 Å². The zero-order valence-corrected chi connectivity index (χ0v) is 11.1. The summed E-state index contributed by atoms with van der Waals surface area (Å²) in [6, 6.07) is 8.47. The van der Waals surface area contributed by atoms with E-state index in [1.54, 1.807) is 7.11 Å². The Morgan fingerprint density at radius 1 is 1.33 bits per heavy atom. The monoisotopic (exact) mass is 250 g/mol. The molecule has 0 amide bonds. The first-order valence-electron chi connectivity index (χ1n) is 6.43. The Morgan fingerprint density at radius 2 is 2.06 bits per heavy atom. The van der Waals surface area contributed by atoms with Crippen LogP contribution in [0.3, 0.4) is 0 Å². The number of morpholine rings is 1. The average Bonchev–Trinajstić information content (AvgIpc) is 2.40. The van der Waals surface area contributed by atoms with E-state index in [2.05, 4.69) is 24.0 Å². The summed E-state index contributed by atoms with van der Waals surface area (Å²) < 4.78 is 10.7. The van der Waals surface area contributed by atoms with Crippen molar-refractivity contribution in [3.8, 4) is 5.75 Å². The van der Waals surface area contributed by atoms with Crippen LogP contribution < -0.4 is 10.5 Å². The maximum Gasteiger partial charge on any atom is 0.119 e. The van der Waals surface area contributed by atoms with Gasteiger partial charge in [-0.3, -0.25) is 4.90 Å². The number of benzene rings is 1. The van der Waals surface area contributed by atoms with E-state index < -0.39 is 0 Å².